The second kappa shape index (κ2) is 9.58. The lowest BCUT2D eigenvalue weighted by atomic mass is 9.82. The molecule has 0 spiro atoms. The highest BCUT2D eigenvalue weighted by atomic mass is 16.5. The number of nitrogens with zero attached hydrogens (tertiary/aromatic N) is 4. The van der Waals surface area contributed by atoms with Crippen LogP contribution in [0, 0.1) is 5.92 Å². The van der Waals surface area contributed by atoms with Crippen molar-refractivity contribution < 1.29 is 4.74 Å². The molecule has 3 N–H and O–H groups in total. The molecular weight excluding hydrogens is 424 g/mol. The number of ether oxygens (including phenoxy) is 1. The Morgan fingerprint density at radius 1 is 1.32 bits per heavy atom. The first-order valence-corrected chi connectivity index (χ1v) is 12.4. The highest BCUT2D eigenvalue weighted by Gasteiger charge is 2.28. The molecule has 2 aromatic heterocycles. The number of rotatable bonds is 5. The second-order valence-electron chi connectivity index (χ2n) is 9.41. The Morgan fingerprint density at radius 3 is 3.03 bits per heavy atom. The van der Waals surface area contributed by atoms with Crippen molar-refractivity contribution in [2.24, 2.45) is 10.9 Å². The van der Waals surface area contributed by atoms with Gasteiger partial charge in [-0.3, -0.25) is 9.89 Å². The van der Waals surface area contributed by atoms with Crippen molar-refractivity contribution in [2.75, 3.05) is 18.9 Å². The van der Waals surface area contributed by atoms with E-state index < -0.39 is 0 Å². The number of anilines is 1. The number of imidazole rings is 1. The number of nitrogens with one attached hydrogen (secondary N) is 1. The third-order valence-electron chi connectivity index (χ3n) is 7.34. The first-order valence-electron chi connectivity index (χ1n) is 12.4. The molecule has 178 valence electrons. The number of benzene rings is 1. The lowest BCUT2D eigenvalue weighted by Crippen LogP contribution is -2.37. The van der Waals surface area contributed by atoms with Crippen LogP contribution in [-0.4, -0.2) is 45.3 Å². The Balaban J connectivity index is 1.44. The van der Waals surface area contributed by atoms with Gasteiger partial charge in [0.25, 0.3) is 0 Å². The molecule has 2 unspecified atom stereocenters. The Bertz CT molecular complexity index is 1240. The lowest BCUT2D eigenvalue weighted by molar-refractivity contribution is 0.189. The van der Waals surface area contributed by atoms with Crippen LogP contribution in [0.15, 0.2) is 46.7 Å². The number of aliphatic imine (C=N–C) groups is 1. The van der Waals surface area contributed by atoms with Crippen molar-refractivity contribution in [3.8, 4) is 16.9 Å². The zero-order valence-electron chi connectivity index (χ0n) is 20.3. The second-order valence-corrected chi connectivity index (χ2v) is 9.41. The van der Waals surface area contributed by atoms with E-state index in [9.17, 15) is 0 Å². The average Bonchev–Trinajstić information content (AvgIpc) is 3.09. The summed E-state index contributed by atoms with van der Waals surface area (Å²) in [5, 5.41) is 0. The zero-order chi connectivity index (χ0) is 23.7. The maximum absolute atomic E-state index is 6.16. The fourth-order valence-electron chi connectivity index (χ4n) is 5.32. The van der Waals surface area contributed by atoms with E-state index in [4.69, 9.17) is 15.5 Å². The maximum Gasteiger partial charge on any atom is 0.200 e. The van der Waals surface area contributed by atoms with E-state index in [1.165, 1.54) is 29.7 Å². The van der Waals surface area contributed by atoms with Crippen molar-refractivity contribution in [1.82, 2.24) is 19.9 Å². The summed E-state index contributed by atoms with van der Waals surface area (Å²) >= 11 is 0. The smallest absolute Gasteiger partial charge is 0.200 e. The summed E-state index contributed by atoms with van der Waals surface area (Å²) in [6.07, 6.45) is 8.51. The molecular formula is C27H34N6O. The van der Waals surface area contributed by atoms with Crippen molar-refractivity contribution >= 4 is 23.3 Å². The van der Waals surface area contributed by atoms with Gasteiger partial charge in [0.15, 0.2) is 11.6 Å². The fraction of sp³-hybridized carbons (Fsp3) is 0.444. The van der Waals surface area contributed by atoms with Crippen molar-refractivity contribution in [3.05, 3.63) is 47.3 Å². The van der Waals surface area contributed by atoms with E-state index in [0.29, 0.717) is 24.2 Å². The quantitative estimate of drug-likeness (QED) is 0.503. The third-order valence-corrected chi connectivity index (χ3v) is 7.34. The summed E-state index contributed by atoms with van der Waals surface area (Å²) < 4.78 is 6.16. The van der Waals surface area contributed by atoms with Crippen molar-refractivity contribution in [1.29, 1.82) is 0 Å². The van der Waals surface area contributed by atoms with Gasteiger partial charge in [-0.1, -0.05) is 19.4 Å². The van der Waals surface area contributed by atoms with E-state index >= 15 is 0 Å². The number of fused-ring (bicyclic) bond motifs is 2. The molecule has 34 heavy (non-hydrogen) atoms. The van der Waals surface area contributed by atoms with Gasteiger partial charge >= 0.3 is 0 Å². The van der Waals surface area contributed by atoms with Crippen LogP contribution in [-0.2, 0) is 6.54 Å². The maximum atomic E-state index is 6.16. The summed E-state index contributed by atoms with van der Waals surface area (Å²) in [5.74, 6) is 2.11. The third kappa shape index (κ3) is 4.44. The van der Waals surface area contributed by atoms with E-state index in [0.717, 1.165) is 54.2 Å². The number of aromatic nitrogens is 3. The minimum absolute atomic E-state index is 0.331. The SMILES string of the molecule is CC=NC1=C(C(C)N2CCOc3ccc(-c4cnc5nc(N)[nH]c5c4)cc3C2)CC(CC)CC1. The van der Waals surface area contributed by atoms with Gasteiger partial charge in [-0.15, -0.1) is 0 Å². The van der Waals surface area contributed by atoms with Crippen molar-refractivity contribution in [3.63, 3.8) is 0 Å². The topological polar surface area (TPSA) is 92.4 Å². The van der Waals surface area contributed by atoms with E-state index in [2.05, 4.69) is 58.0 Å². The van der Waals surface area contributed by atoms with Crippen LogP contribution < -0.4 is 10.5 Å². The van der Waals surface area contributed by atoms with Gasteiger partial charge in [-0.25, -0.2) is 4.98 Å². The monoisotopic (exact) mass is 458 g/mol. The standard InChI is InChI=1S/C27H34N6O/c1-4-18-6-8-23(29-5-2)22(12-18)17(3)33-10-11-34-25-9-7-19(13-21(25)16-33)20-14-24-26(30-15-20)32-27(28)31-24/h5,7,9,13-15,17-18H,4,6,8,10-12,16H2,1-3H3,(H3,28,30,31,32). The molecule has 2 aliphatic rings. The predicted octanol–water partition coefficient (Wildman–Crippen LogP) is 5.34. The number of pyridine rings is 1. The molecule has 0 fully saturated rings. The van der Waals surface area contributed by atoms with Crippen LogP contribution in [0.5, 0.6) is 5.75 Å². The highest BCUT2D eigenvalue weighted by Crippen LogP contribution is 2.37. The molecule has 0 saturated carbocycles. The van der Waals surface area contributed by atoms with Gasteiger partial charge in [0, 0.05) is 48.4 Å². The molecule has 1 aromatic carbocycles. The summed E-state index contributed by atoms with van der Waals surface area (Å²) in [6, 6.07) is 8.81. The molecule has 1 aliphatic heterocycles. The largest absolute Gasteiger partial charge is 0.492 e. The number of H-pyrrole nitrogens is 1. The Morgan fingerprint density at radius 2 is 2.21 bits per heavy atom. The van der Waals surface area contributed by atoms with E-state index in [1.807, 2.05) is 19.3 Å². The minimum atomic E-state index is 0.331. The number of hydrogen-bond acceptors (Lipinski definition) is 6. The van der Waals surface area contributed by atoms with Crippen LogP contribution in [0.2, 0.25) is 0 Å². The number of hydrogen-bond donors (Lipinski definition) is 2. The van der Waals surface area contributed by atoms with Crippen molar-refractivity contribution in [2.45, 2.75) is 59.0 Å². The van der Waals surface area contributed by atoms with Gasteiger partial charge in [-0.2, -0.15) is 4.98 Å². The minimum Gasteiger partial charge on any atom is -0.492 e. The summed E-state index contributed by atoms with van der Waals surface area (Å²) in [4.78, 5) is 19.1. The molecule has 2 atom stereocenters. The molecule has 0 amide bonds. The lowest BCUT2D eigenvalue weighted by Gasteiger charge is -2.34. The van der Waals surface area contributed by atoms with Crippen LogP contribution in [0.3, 0.4) is 0 Å². The zero-order valence-corrected chi connectivity index (χ0v) is 20.3. The summed E-state index contributed by atoms with van der Waals surface area (Å²) in [7, 11) is 0. The number of nitrogen functional groups attached to an aromatic ring is 1. The fourth-order valence-corrected chi connectivity index (χ4v) is 5.32. The normalized spacial score (nSPS) is 20.4. The van der Waals surface area contributed by atoms with Gasteiger partial charge in [0.1, 0.15) is 12.4 Å². The summed E-state index contributed by atoms with van der Waals surface area (Å²) in [6.45, 7) is 9.10. The molecule has 0 radical (unpaired) electrons. The number of allylic oxidation sites excluding steroid dienone is 1. The van der Waals surface area contributed by atoms with Crippen LogP contribution in [0.25, 0.3) is 22.3 Å². The molecule has 7 heteroatoms. The molecule has 0 bridgehead atoms. The van der Waals surface area contributed by atoms with Gasteiger partial charge in [0.2, 0.25) is 0 Å². The molecule has 0 saturated heterocycles. The Labute approximate surface area is 201 Å². The Hall–Kier alpha value is -3.19. The van der Waals surface area contributed by atoms with Crippen LogP contribution in [0.1, 0.15) is 52.0 Å². The summed E-state index contributed by atoms with van der Waals surface area (Å²) in [5.41, 5.74) is 13.4. The molecule has 5 rings (SSSR count). The predicted molar refractivity (Wildman–Crippen MR) is 138 cm³/mol. The number of aromatic amines is 1. The van der Waals surface area contributed by atoms with Gasteiger partial charge < -0.3 is 15.5 Å². The van der Waals surface area contributed by atoms with Gasteiger partial charge in [0.05, 0.1) is 5.52 Å². The number of nitrogens with two attached hydrogens (primary N) is 1. The average molecular weight is 459 g/mol. The molecule has 3 aromatic rings. The first kappa shape index (κ1) is 22.6. The van der Waals surface area contributed by atoms with Crippen LogP contribution in [0.4, 0.5) is 5.95 Å². The molecule has 7 nitrogen and oxygen atoms in total. The van der Waals surface area contributed by atoms with E-state index in [-0.39, 0.29) is 0 Å². The molecule has 1 aliphatic carbocycles. The Kier molecular flexibility index (Phi) is 6.37. The molecule has 3 heterocycles. The van der Waals surface area contributed by atoms with Crippen LogP contribution >= 0.6 is 0 Å². The van der Waals surface area contributed by atoms with Gasteiger partial charge in [-0.05, 0) is 68.4 Å². The first-order chi connectivity index (χ1) is 16.6. The highest BCUT2D eigenvalue weighted by molar-refractivity contribution is 5.79. The van der Waals surface area contributed by atoms with E-state index in [1.54, 1.807) is 0 Å².